The van der Waals surface area contributed by atoms with Crippen LogP contribution in [0.4, 0.5) is 0 Å². The van der Waals surface area contributed by atoms with Crippen molar-refractivity contribution in [2.24, 2.45) is 10.8 Å². The Kier molecular flexibility index (Phi) is 6.21. The maximum atomic E-state index is 12.8. The Morgan fingerprint density at radius 2 is 1.64 bits per heavy atom. The number of allylic oxidation sites excluding steroid dienone is 3. The van der Waals surface area contributed by atoms with Crippen LogP contribution in [-0.2, 0) is 38.1 Å². The normalized spacial score (nSPS) is 46.1. The number of aliphatic hydroxyl groups excluding tert-OH is 1. The minimum absolute atomic E-state index is 0.00667. The summed E-state index contributed by atoms with van der Waals surface area (Å²) in [4.78, 5) is 37.4. The number of aliphatic hydroxyl groups is 1. The second-order valence-electron chi connectivity index (χ2n) is 10.6. The van der Waals surface area contributed by atoms with Crippen molar-refractivity contribution in [2.45, 2.75) is 70.1 Å². The maximum absolute atomic E-state index is 12.8. The second kappa shape index (κ2) is 8.97. The molecule has 7 atom stereocenters. The van der Waals surface area contributed by atoms with Crippen molar-refractivity contribution in [1.82, 2.24) is 0 Å². The first-order valence-electron chi connectivity index (χ1n) is 12.3. The van der Waals surface area contributed by atoms with Gasteiger partial charge in [0.05, 0.1) is 24.7 Å². The molecule has 0 aromatic heterocycles. The van der Waals surface area contributed by atoms with Crippen LogP contribution in [0.5, 0.6) is 0 Å². The highest BCUT2D eigenvalue weighted by Crippen LogP contribution is 2.72. The van der Waals surface area contributed by atoms with Crippen LogP contribution in [0.25, 0.3) is 0 Å². The van der Waals surface area contributed by atoms with E-state index in [2.05, 4.69) is 0 Å². The molecule has 3 fully saturated rings. The van der Waals surface area contributed by atoms with Gasteiger partial charge in [-0.25, -0.2) is 14.4 Å². The number of epoxide rings is 1. The van der Waals surface area contributed by atoms with Gasteiger partial charge in [-0.05, 0) is 26.7 Å². The Labute approximate surface area is 209 Å². The second-order valence-corrected chi connectivity index (χ2v) is 10.6. The quantitative estimate of drug-likeness (QED) is 0.231. The summed E-state index contributed by atoms with van der Waals surface area (Å²) in [6.07, 6.45) is 7.09. The SMILES string of the molecule is CC1=C[C@H]2O[C@@H]3[C@H](O)[C@H]4OC(=O)/C=C\C=C\C(=O)OCC/C(C)=C/C(=O)OC[C@@]2(CC1)[C@]4(C)[C@@]31CO1. The van der Waals surface area contributed by atoms with Gasteiger partial charge in [0.1, 0.15) is 30.5 Å². The fraction of sp³-hybridized carbons (Fsp3) is 0.593. The molecule has 36 heavy (non-hydrogen) atoms. The van der Waals surface area contributed by atoms with Crippen LogP contribution in [0.15, 0.2) is 47.6 Å². The standard InChI is InChI=1S/C27H32O9/c1-16-8-10-26-14-33-21(30)13-17(2)9-11-32-19(28)6-4-5-7-20(29)36-23-22(31)24(35-18(26)12-16)27(15-34-27)25(23,26)3/h4-7,12-13,18,22-24,31H,8-11,14-15H2,1-3H3/b6-4+,7-5-,17-13+/t18-,22-,23-,24-,25-,26-,27-/m1/s1. The van der Waals surface area contributed by atoms with Crippen molar-refractivity contribution < 1.29 is 43.2 Å². The zero-order valence-corrected chi connectivity index (χ0v) is 20.7. The Balaban J connectivity index is 1.57. The van der Waals surface area contributed by atoms with Crippen molar-refractivity contribution in [3.05, 3.63) is 47.6 Å². The zero-order valence-electron chi connectivity index (χ0n) is 20.7. The Morgan fingerprint density at radius 1 is 0.917 bits per heavy atom. The van der Waals surface area contributed by atoms with Gasteiger partial charge < -0.3 is 28.8 Å². The lowest BCUT2D eigenvalue weighted by Crippen LogP contribution is -2.66. The number of cyclic esters (lactones) is 2. The molecule has 2 spiro atoms. The van der Waals surface area contributed by atoms with Crippen molar-refractivity contribution in [2.75, 3.05) is 19.8 Å². The molecule has 194 valence electrons. The lowest BCUT2D eigenvalue weighted by Gasteiger charge is -2.58. The van der Waals surface area contributed by atoms with E-state index in [9.17, 15) is 19.5 Å². The van der Waals surface area contributed by atoms with Gasteiger partial charge in [-0.1, -0.05) is 36.3 Å². The first kappa shape index (κ1) is 24.9. The summed E-state index contributed by atoms with van der Waals surface area (Å²) in [5.74, 6) is -1.77. The molecule has 0 amide bonds. The van der Waals surface area contributed by atoms with E-state index in [1.807, 2.05) is 19.9 Å². The number of esters is 3. The average molecular weight is 501 g/mol. The van der Waals surface area contributed by atoms with Gasteiger partial charge in [-0.3, -0.25) is 0 Å². The molecule has 3 heterocycles. The largest absolute Gasteiger partial charge is 0.462 e. The zero-order chi connectivity index (χ0) is 25.7. The van der Waals surface area contributed by atoms with Gasteiger partial charge in [0, 0.05) is 30.1 Å². The van der Waals surface area contributed by atoms with Crippen LogP contribution in [0, 0.1) is 10.8 Å². The molecule has 1 saturated carbocycles. The molecular weight excluding hydrogens is 468 g/mol. The van der Waals surface area contributed by atoms with Crippen LogP contribution < -0.4 is 0 Å². The summed E-state index contributed by atoms with van der Waals surface area (Å²) >= 11 is 0. The monoisotopic (exact) mass is 500 g/mol. The molecule has 1 N–H and O–H groups in total. The highest BCUT2D eigenvalue weighted by atomic mass is 16.7. The molecular formula is C27H32O9. The van der Waals surface area contributed by atoms with Crippen molar-refractivity contribution in [3.8, 4) is 0 Å². The van der Waals surface area contributed by atoms with Gasteiger partial charge in [0.2, 0.25) is 0 Å². The van der Waals surface area contributed by atoms with E-state index in [0.29, 0.717) is 25.0 Å². The van der Waals surface area contributed by atoms with Crippen molar-refractivity contribution in [1.29, 1.82) is 0 Å². The minimum Gasteiger partial charge on any atom is -0.462 e. The smallest absolute Gasteiger partial charge is 0.331 e. The summed E-state index contributed by atoms with van der Waals surface area (Å²) in [6.45, 7) is 6.21. The fourth-order valence-electron chi connectivity index (χ4n) is 6.50. The number of carbonyl (C=O) groups is 3. The topological polar surface area (TPSA) is 121 Å². The first-order valence-corrected chi connectivity index (χ1v) is 12.3. The van der Waals surface area contributed by atoms with E-state index in [1.54, 1.807) is 6.92 Å². The summed E-state index contributed by atoms with van der Waals surface area (Å²) in [6, 6.07) is 0. The first-order chi connectivity index (χ1) is 17.1. The van der Waals surface area contributed by atoms with Gasteiger partial charge in [-0.2, -0.15) is 0 Å². The lowest BCUT2D eigenvalue weighted by atomic mass is 9.51. The van der Waals surface area contributed by atoms with E-state index in [1.165, 1.54) is 30.4 Å². The number of ether oxygens (including phenoxy) is 5. The summed E-state index contributed by atoms with van der Waals surface area (Å²) < 4.78 is 29.3. The predicted octanol–water partition coefficient (Wildman–Crippen LogP) is 2.09. The molecule has 0 radical (unpaired) electrons. The third kappa shape index (κ3) is 3.76. The van der Waals surface area contributed by atoms with E-state index in [4.69, 9.17) is 23.7 Å². The van der Waals surface area contributed by atoms with E-state index in [-0.39, 0.29) is 13.2 Å². The van der Waals surface area contributed by atoms with Gasteiger partial charge in [0.15, 0.2) is 0 Å². The van der Waals surface area contributed by atoms with Crippen LogP contribution in [0.1, 0.15) is 40.0 Å². The van der Waals surface area contributed by atoms with E-state index < -0.39 is 58.8 Å². The molecule has 0 aromatic rings. The molecule has 9 heteroatoms. The van der Waals surface area contributed by atoms with Crippen LogP contribution in [0.2, 0.25) is 0 Å². The highest BCUT2D eigenvalue weighted by Gasteiger charge is 2.85. The average Bonchev–Trinajstić information content (AvgIpc) is 3.61. The molecule has 2 saturated heterocycles. The molecule has 5 rings (SSSR count). The maximum Gasteiger partial charge on any atom is 0.331 e. The van der Waals surface area contributed by atoms with Crippen LogP contribution in [-0.4, -0.2) is 72.9 Å². The summed E-state index contributed by atoms with van der Waals surface area (Å²) in [5, 5.41) is 11.3. The Bertz CT molecular complexity index is 1080. The molecule has 5 aliphatic rings. The molecule has 2 aliphatic carbocycles. The highest BCUT2D eigenvalue weighted by molar-refractivity contribution is 5.85. The van der Waals surface area contributed by atoms with Gasteiger partial charge in [-0.15, -0.1) is 0 Å². The number of hydrogen-bond acceptors (Lipinski definition) is 9. The molecule has 0 aromatic carbocycles. The fourth-order valence-corrected chi connectivity index (χ4v) is 6.50. The number of rotatable bonds is 0. The van der Waals surface area contributed by atoms with Crippen molar-refractivity contribution in [3.63, 3.8) is 0 Å². The third-order valence-electron chi connectivity index (χ3n) is 8.65. The van der Waals surface area contributed by atoms with Crippen molar-refractivity contribution >= 4 is 17.9 Å². The Hall–Kier alpha value is -2.75. The predicted molar refractivity (Wildman–Crippen MR) is 125 cm³/mol. The number of hydrogen-bond donors (Lipinski definition) is 1. The third-order valence-corrected chi connectivity index (χ3v) is 8.65. The lowest BCUT2D eigenvalue weighted by molar-refractivity contribution is -0.232. The van der Waals surface area contributed by atoms with Gasteiger partial charge in [0.25, 0.3) is 0 Å². The minimum atomic E-state index is -1.13. The Morgan fingerprint density at radius 3 is 2.36 bits per heavy atom. The van der Waals surface area contributed by atoms with Crippen LogP contribution in [0.3, 0.4) is 0 Å². The summed E-state index contributed by atoms with van der Waals surface area (Å²) in [5.41, 5.74) is -0.668. The van der Waals surface area contributed by atoms with E-state index >= 15 is 0 Å². The van der Waals surface area contributed by atoms with E-state index in [0.717, 1.165) is 12.0 Å². The summed E-state index contributed by atoms with van der Waals surface area (Å²) in [7, 11) is 0. The molecule has 0 unspecified atom stereocenters. The van der Waals surface area contributed by atoms with Crippen LogP contribution >= 0.6 is 0 Å². The molecule has 3 aliphatic heterocycles. The number of carbonyl (C=O) groups excluding carboxylic acids is 3. The van der Waals surface area contributed by atoms with Gasteiger partial charge >= 0.3 is 17.9 Å². The molecule has 9 nitrogen and oxygen atoms in total. The molecule has 2 bridgehead atoms.